The molecule has 0 aliphatic rings. The van der Waals surface area contributed by atoms with Crippen molar-refractivity contribution >= 4 is 11.6 Å². The van der Waals surface area contributed by atoms with Crippen LogP contribution in [0.25, 0.3) is 5.65 Å². The molecule has 0 aromatic carbocycles. The second-order valence-corrected chi connectivity index (χ2v) is 7.63. The average Bonchev–Trinajstić information content (AvgIpc) is 3.23. The molecule has 3 aromatic heterocycles. The highest BCUT2D eigenvalue weighted by Crippen LogP contribution is 2.27. The summed E-state index contributed by atoms with van der Waals surface area (Å²) >= 11 is 0. The zero-order valence-corrected chi connectivity index (χ0v) is 17.9. The van der Waals surface area contributed by atoms with Crippen molar-refractivity contribution in [3.8, 4) is 0 Å². The lowest BCUT2D eigenvalue weighted by Gasteiger charge is -2.21. The van der Waals surface area contributed by atoms with Crippen LogP contribution in [0.2, 0.25) is 0 Å². The lowest BCUT2D eigenvalue weighted by molar-refractivity contribution is 0.0657. The highest BCUT2D eigenvalue weighted by molar-refractivity contribution is 5.79. The SMILES string of the molecule is CCNC(=NCC(C)(O)c1cc(C)oc1C)NCCc1cn2cccc(C)c2n1. The van der Waals surface area contributed by atoms with Crippen molar-refractivity contribution in [2.75, 3.05) is 19.6 Å². The average molecular weight is 398 g/mol. The molecule has 3 aromatic rings. The van der Waals surface area contributed by atoms with Crippen LogP contribution in [0, 0.1) is 20.8 Å². The van der Waals surface area contributed by atoms with Gasteiger partial charge in [0.1, 0.15) is 22.8 Å². The molecule has 0 amide bonds. The molecule has 0 radical (unpaired) electrons. The minimum absolute atomic E-state index is 0.232. The van der Waals surface area contributed by atoms with Crippen LogP contribution in [0.5, 0.6) is 0 Å². The number of aromatic nitrogens is 2. The molecule has 7 nitrogen and oxygen atoms in total. The summed E-state index contributed by atoms with van der Waals surface area (Å²) in [5.41, 5.74) is 2.86. The zero-order chi connectivity index (χ0) is 21.0. The van der Waals surface area contributed by atoms with Crippen LogP contribution in [0.4, 0.5) is 0 Å². The number of fused-ring (bicyclic) bond motifs is 1. The fourth-order valence-electron chi connectivity index (χ4n) is 3.46. The van der Waals surface area contributed by atoms with Gasteiger partial charge in [0.2, 0.25) is 0 Å². The van der Waals surface area contributed by atoms with E-state index in [1.54, 1.807) is 6.92 Å². The number of aryl methyl sites for hydroxylation is 3. The summed E-state index contributed by atoms with van der Waals surface area (Å²) in [6.07, 6.45) is 4.85. The molecule has 3 rings (SSSR count). The monoisotopic (exact) mass is 397 g/mol. The van der Waals surface area contributed by atoms with Gasteiger partial charge in [-0.1, -0.05) is 6.07 Å². The van der Waals surface area contributed by atoms with Crippen LogP contribution < -0.4 is 10.6 Å². The first-order valence-electron chi connectivity index (χ1n) is 10.1. The number of aliphatic imine (C=N–C) groups is 1. The van der Waals surface area contributed by atoms with Crippen molar-refractivity contribution in [3.05, 3.63) is 58.9 Å². The van der Waals surface area contributed by atoms with Gasteiger partial charge in [0.15, 0.2) is 5.96 Å². The Kier molecular flexibility index (Phi) is 6.27. The summed E-state index contributed by atoms with van der Waals surface area (Å²) < 4.78 is 7.61. The first kappa shape index (κ1) is 20.9. The van der Waals surface area contributed by atoms with Crippen molar-refractivity contribution in [2.24, 2.45) is 4.99 Å². The van der Waals surface area contributed by atoms with Crippen LogP contribution in [-0.2, 0) is 12.0 Å². The third-order valence-electron chi connectivity index (χ3n) is 4.91. The topological polar surface area (TPSA) is 87.1 Å². The van der Waals surface area contributed by atoms with Gasteiger partial charge < -0.3 is 24.6 Å². The normalized spacial score (nSPS) is 14.2. The highest BCUT2D eigenvalue weighted by atomic mass is 16.3. The Morgan fingerprint density at radius 2 is 2.10 bits per heavy atom. The van der Waals surface area contributed by atoms with Gasteiger partial charge in [0, 0.05) is 37.5 Å². The number of guanidine groups is 1. The molecule has 0 spiro atoms. The number of imidazole rings is 1. The van der Waals surface area contributed by atoms with E-state index >= 15 is 0 Å². The van der Waals surface area contributed by atoms with Gasteiger partial charge in [-0.25, -0.2) is 9.98 Å². The maximum absolute atomic E-state index is 10.9. The van der Waals surface area contributed by atoms with Crippen molar-refractivity contribution in [3.63, 3.8) is 0 Å². The molecule has 0 saturated carbocycles. The maximum atomic E-state index is 10.9. The Morgan fingerprint density at radius 1 is 1.31 bits per heavy atom. The molecule has 156 valence electrons. The van der Waals surface area contributed by atoms with E-state index in [2.05, 4.69) is 39.2 Å². The van der Waals surface area contributed by atoms with E-state index < -0.39 is 5.60 Å². The first-order valence-corrected chi connectivity index (χ1v) is 10.1. The highest BCUT2D eigenvalue weighted by Gasteiger charge is 2.27. The molecular formula is C22H31N5O2. The molecule has 0 bridgehead atoms. The lowest BCUT2D eigenvalue weighted by Crippen LogP contribution is -2.39. The Bertz CT molecular complexity index is 1000. The summed E-state index contributed by atoms with van der Waals surface area (Å²) in [5, 5.41) is 17.4. The van der Waals surface area contributed by atoms with Gasteiger partial charge in [-0.2, -0.15) is 0 Å². The lowest BCUT2D eigenvalue weighted by atomic mass is 9.96. The van der Waals surface area contributed by atoms with Gasteiger partial charge in [-0.05, 0) is 52.3 Å². The van der Waals surface area contributed by atoms with Gasteiger partial charge in [0.05, 0.1) is 12.2 Å². The van der Waals surface area contributed by atoms with Crippen LogP contribution in [-0.4, -0.2) is 40.1 Å². The Morgan fingerprint density at radius 3 is 2.76 bits per heavy atom. The smallest absolute Gasteiger partial charge is 0.191 e. The second-order valence-electron chi connectivity index (χ2n) is 7.63. The van der Waals surface area contributed by atoms with Gasteiger partial charge >= 0.3 is 0 Å². The molecule has 29 heavy (non-hydrogen) atoms. The second kappa shape index (κ2) is 8.69. The van der Waals surface area contributed by atoms with E-state index in [-0.39, 0.29) is 6.54 Å². The number of aliphatic hydroxyl groups is 1. The number of hydrogen-bond donors (Lipinski definition) is 3. The van der Waals surface area contributed by atoms with Gasteiger partial charge in [0.25, 0.3) is 0 Å². The van der Waals surface area contributed by atoms with Crippen molar-refractivity contribution in [2.45, 2.75) is 46.6 Å². The summed E-state index contributed by atoms with van der Waals surface area (Å²) in [6, 6.07) is 5.96. The summed E-state index contributed by atoms with van der Waals surface area (Å²) in [6.45, 7) is 11.3. The van der Waals surface area contributed by atoms with E-state index in [9.17, 15) is 5.11 Å². The van der Waals surface area contributed by atoms with E-state index in [1.165, 1.54) is 0 Å². The fourth-order valence-corrected chi connectivity index (χ4v) is 3.46. The van der Waals surface area contributed by atoms with E-state index in [1.807, 2.05) is 39.1 Å². The van der Waals surface area contributed by atoms with Crippen molar-refractivity contribution in [1.29, 1.82) is 0 Å². The standard InChI is InChI=1S/C22H31N5O2/c1-6-23-21(25-14-22(5,28)19-12-16(3)29-17(19)4)24-10-9-18-13-27-11-7-8-15(2)20(27)26-18/h7-8,11-13,28H,6,9-10,14H2,1-5H3,(H2,23,24,25). The number of furan rings is 1. The summed E-state index contributed by atoms with van der Waals surface area (Å²) in [4.78, 5) is 9.28. The van der Waals surface area contributed by atoms with Crippen LogP contribution in [0.1, 0.15) is 42.2 Å². The number of rotatable bonds is 7. The molecule has 3 N–H and O–H groups in total. The fraction of sp³-hybridized carbons (Fsp3) is 0.455. The first-order chi connectivity index (χ1) is 13.8. The Labute approximate surface area is 171 Å². The molecule has 0 saturated heterocycles. The predicted octanol–water partition coefficient (Wildman–Crippen LogP) is 2.86. The largest absolute Gasteiger partial charge is 0.466 e. The van der Waals surface area contributed by atoms with E-state index in [0.717, 1.165) is 47.0 Å². The van der Waals surface area contributed by atoms with Crippen LogP contribution in [0.15, 0.2) is 40.0 Å². The van der Waals surface area contributed by atoms with Crippen LogP contribution >= 0.6 is 0 Å². The minimum Gasteiger partial charge on any atom is -0.466 e. The zero-order valence-electron chi connectivity index (χ0n) is 17.9. The third kappa shape index (κ3) is 4.98. The molecule has 0 aliphatic heterocycles. The number of nitrogens with one attached hydrogen (secondary N) is 2. The number of pyridine rings is 1. The summed E-state index contributed by atoms with van der Waals surface area (Å²) in [7, 11) is 0. The summed E-state index contributed by atoms with van der Waals surface area (Å²) in [5.74, 6) is 2.18. The minimum atomic E-state index is -1.09. The predicted molar refractivity (Wildman–Crippen MR) is 115 cm³/mol. The van der Waals surface area contributed by atoms with E-state index in [0.29, 0.717) is 12.5 Å². The molecule has 7 heteroatoms. The molecule has 1 atom stereocenters. The third-order valence-corrected chi connectivity index (χ3v) is 4.91. The number of hydrogen-bond acceptors (Lipinski definition) is 4. The molecule has 3 heterocycles. The quantitative estimate of drug-likeness (QED) is 0.422. The Hall–Kier alpha value is -2.80. The van der Waals surface area contributed by atoms with Gasteiger partial charge in [-0.3, -0.25) is 0 Å². The molecular weight excluding hydrogens is 366 g/mol. The maximum Gasteiger partial charge on any atom is 0.191 e. The molecule has 0 fully saturated rings. The molecule has 1 unspecified atom stereocenters. The Balaban J connectivity index is 1.63. The van der Waals surface area contributed by atoms with E-state index in [4.69, 9.17) is 9.40 Å². The van der Waals surface area contributed by atoms with Gasteiger partial charge in [-0.15, -0.1) is 0 Å². The number of nitrogens with zero attached hydrogens (tertiary/aromatic N) is 3. The van der Waals surface area contributed by atoms with Crippen molar-refractivity contribution < 1.29 is 9.52 Å². The molecule has 0 aliphatic carbocycles. The van der Waals surface area contributed by atoms with Crippen molar-refractivity contribution in [1.82, 2.24) is 20.0 Å². The van der Waals surface area contributed by atoms with Crippen LogP contribution in [0.3, 0.4) is 0 Å².